The summed E-state index contributed by atoms with van der Waals surface area (Å²) in [6.45, 7) is 10.4. The molecular weight excluding hydrogens is 582 g/mol. The highest BCUT2D eigenvalue weighted by atomic mass is 16.5. The van der Waals surface area contributed by atoms with Crippen molar-refractivity contribution < 1.29 is 19.1 Å². The lowest BCUT2D eigenvalue weighted by Crippen LogP contribution is -2.63. The summed E-state index contributed by atoms with van der Waals surface area (Å²) in [5.74, 6) is 1.69. The molecule has 5 fully saturated rings. The van der Waals surface area contributed by atoms with E-state index in [2.05, 4.69) is 32.1 Å². The number of ether oxygens (including phenoxy) is 1. The zero-order valence-corrected chi connectivity index (χ0v) is 27.3. The molecule has 11 heteroatoms. The number of nitrogens with one attached hydrogen (secondary N) is 1. The van der Waals surface area contributed by atoms with E-state index in [9.17, 15) is 14.4 Å². The van der Waals surface area contributed by atoms with Crippen LogP contribution in [-0.2, 0) is 14.3 Å². The number of hydrogen-bond acceptors (Lipinski definition) is 8. The number of nitrogens with zero attached hydrogens (tertiary/aromatic N) is 5. The van der Waals surface area contributed by atoms with Crippen LogP contribution in [0, 0.1) is 23.2 Å². The third kappa shape index (κ3) is 5.26. The number of urea groups is 1. The van der Waals surface area contributed by atoms with Gasteiger partial charge in [0.25, 0.3) is 0 Å². The van der Waals surface area contributed by atoms with E-state index in [-0.39, 0.29) is 29.4 Å². The molecule has 4 aliphatic carbocycles. The maximum absolute atomic E-state index is 13.8. The second kappa shape index (κ2) is 11.7. The van der Waals surface area contributed by atoms with Crippen molar-refractivity contribution in [3.05, 3.63) is 42.6 Å². The van der Waals surface area contributed by atoms with Gasteiger partial charge >= 0.3 is 12.0 Å². The molecule has 3 unspecified atom stereocenters. The Bertz CT molecular complexity index is 1470. The summed E-state index contributed by atoms with van der Waals surface area (Å²) < 4.78 is 5.30. The lowest BCUT2D eigenvalue weighted by Gasteiger charge is -2.59. The molecule has 246 valence electrons. The topological polar surface area (TPSA) is 124 Å². The zero-order valence-electron chi connectivity index (χ0n) is 27.3. The molecule has 1 aromatic heterocycles. The van der Waals surface area contributed by atoms with Crippen LogP contribution in [0.15, 0.2) is 42.6 Å². The summed E-state index contributed by atoms with van der Waals surface area (Å²) in [7, 11) is 0. The van der Waals surface area contributed by atoms with Gasteiger partial charge in [0.15, 0.2) is 0 Å². The number of carbonyl (C=O) groups is 3. The van der Waals surface area contributed by atoms with Gasteiger partial charge in [-0.3, -0.25) is 19.4 Å². The van der Waals surface area contributed by atoms with E-state index in [0.717, 1.165) is 81.2 Å². The van der Waals surface area contributed by atoms with E-state index in [1.165, 1.54) is 0 Å². The van der Waals surface area contributed by atoms with Crippen LogP contribution in [0.1, 0.15) is 52.9 Å². The second-order valence-electron chi connectivity index (χ2n) is 14.5. The number of aromatic nitrogens is 1. The minimum absolute atomic E-state index is 0.0636. The molecule has 3 amide bonds. The number of amides is 3. The van der Waals surface area contributed by atoms with Gasteiger partial charge in [0.05, 0.1) is 29.9 Å². The summed E-state index contributed by atoms with van der Waals surface area (Å²) in [4.78, 5) is 52.1. The number of hydrogen-bond donors (Lipinski definition) is 2. The Morgan fingerprint density at radius 1 is 0.957 bits per heavy atom. The molecule has 5 atom stereocenters. The van der Waals surface area contributed by atoms with Crippen LogP contribution in [-0.4, -0.2) is 85.2 Å². The average Bonchev–Trinajstić information content (AvgIpc) is 3.05. The molecule has 1 saturated heterocycles. The van der Waals surface area contributed by atoms with Crippen LogP contribution in [0.2, 0.25) is 0 Å². The summed E-state index contributed by atoms with van der Waals surface area (Å²) in [6, 6.07) is 12.2. The first-order chi connectivity index (χ1) is 22.1. The highest BCUT2D eigenvalue weighted by Crippen LogP contribution is 2.60. The molecule has 11 nitrogen and oxygen atoms in total. The van der Waals surface area contributed by atoms with Crippen molar-refractivity contribution in [3.63, 3.8) is 0 Å². The van der Waals surface area contributed by atoms with Gasteiger partial charge in [0.2, 0.25) is 5.91 Å². The van der Waals surface area contributed by atoms with Crippen LogP contribution in [0.25, 0.3) is 0 Å². The van der Waals surface area contributed by atoms with Gasteiger partial charge in [-0.05, 0) is 94.9 Å². The van der Waals surface area contributed by atoms with E-state index in [1.54, 1.807) is 0 Å². The van der Waals surface area contributed by atoms with Gasteiger partial charge in [-0.25, -0.2) is 9.78 Å². The van der Waals surface area contributed by atoms with Crippen molar-refractivity contribution in [1.29, 1.82) is 0 Å². The monoisotopic (exact) mass is 629 g/mol. The molecular formula is C35H47N7O4. The normalized spacial score (nSPS) is 29.0. The van der Waals surface area contributed by atoms with Crippen LogP contribution < -0.4 is 25.8 Å². The van der Waals surface area contributed by atoms with E-state index in [1.807, 2.05) is 56.1 Å². The van der Waals surface area contributed by atoms with Crippen molar-refractivity contribution in [2.75, 3.05) is 60.6 Å². The summed E-state index contributed by atoms with van der Waals surface area (Å²) >= 11 is 0. The second-order valence-corrected chi connectivity index (χ2v) is 14.5. The number of fused-ring (bicyclic) bond motifs is 1. The van der Waals surface area contributed by atoms with Crippen LogP contribution >= 0.6 is 0 Å². The molecule has 8 rings (SSSR count). The first-order valence-electron chi connectivity index (χ1n) is 17.0. The lowest BCUT2D eigenvalue weighted by molar-refractivity contribution is -0.156. The first-order valence-corrected chi connectivity index (χ1v) is 17.0. The fourth-order valence-corrected chi connectivity index (χ4v) is 9.28. The molecule has 4 bridgehead atoms. The van der Waals surface area contributed by atoms with Crippen molar-refractivity contribution in [3.8, 4) is 0 Å². The summed E-state index contributed by atoms with van der Waals surface area (Å²) in [6.07, 6.45) is 6.59. The molecule has 1 aromatic carbocycles. The highest BCUT2D eigenvalue weighted by molar-refractivity contribution is 5.98. The van der Waals surface area contributed by atoms with Crippen LogP contribution in [0.5, 0.6) is 0 Å². The quantitative estimate of drug-likeness (QED) is 0.442. The maximum atomic E-state index is 13.8. The predicted molar refractivity (Wildman–Crippen MR) is 177 cm³/mol. The smallest absolute Gasteiger partial charge is 0.325 e. The molecule has 4 saturated carbocycles. The van der Waals surface area contributed by atoms with Gasteiger partial charge in [-0.15, -0.1) is 0 Å². The number of carbonyl (C=O) groups excluding carboxylic acids is 3. The lowest BCUT2D eigenvalue weighted by atomic mass is 9.47. The van der Waals surface area contributed by atoms with Gasteiger partial charge < -0.3 is 25.6 Å². The molecule has 0 radical (unpaired) electrons. The minimum Gasteiger partial charge on any atom is -0.465 e. The van der Waals surface area contributed by atoms with E-state index in [0.29, 0.717) is 37.5 Å². The number of pyridine rings is 1. The van der Waals surface area contributed by atoms with E-state index in [4.69, 9.17) is 15.5 Å². The molecule has 2 aliphatic heterocycles. The molecule has 3 heterocycles. The van der Waals surface area contributed by atoms with E-state index >= 15 is 0 Å². The average molecular weight is 630 g/mol. The number of rotatable bonds is 7. The number of para-hydroxylation sites is 2. The minimum atomic E-state index is -0.653. The first kappa shape index (κ1) is 30.8. The number of benzene rings is 1. The number of primary amides is 1. The summed E-state index contributed by atoms with van der Waals surface area (Å²) in [5, 5.41) is 3.42. The Morgan fingerprint density at radius 3 is 2.28 bits per heavy atom. The molecule has 6 aliphatic rings. The molecule has 3 N–H and O–H groups in total. The number of esters is 1. The zero-order chi connectivity index (χ0) is 32.2. The standard InChI is InChI=1S/C35H47N7O4/c1-4-46-32(44)34(2,3)40-13-11-39(12-14-40)26-9-10-29(37-22-26)41-15-16-42(28-8-6-5-7-27(28)41)33(45)38-30-24-17-23-18-25(30)21-35(19-23,20-24)31(36)43/h5-10,22-25,30H,4,11-21H2,1-3H3,(H2,36,43)(H,38,45)/t23?,24-,25+,30?,35?. The largest absolute Gasteiger partial charge is 0.465 e. The predicted octanol–water partition coefficient (Wildman–Crippen LogP) is 3.89. The Morgan fingerprint density at radius 2 is 1.65 bits per heavy atom. The third-order valence-corrected chi connectivity index (χ3v) is 11.6. The maximum Gasteiger partial charge on any atom is 0.325 e. The SMILES string of the molecule is CCOC(=O)C(C)(C)N1CCN(c2ccc(N3CCN(C(=O)NC4[C@@H]5CC6C[C@H]4CC(C(N)=O)(C6)C5)c4ccccc43)nc2)CC1. The fraction of sp³-hybridized carbons (Fsp3) is 0.600. The van der Waals surface area contributed by atoms with Crippen molar-refractivity contribution in [2.45, 2.75) is 64.5 Å². The molecule has 0 spiro atoms. The Labute approximate surface area is 271 Å². The number of nitrogens with two attached hydrogens (primary N) is 1. The third-order valence-electron chi connectivity index (χ3n) is 11.6. The molecule has 46 heavy (non-hydrogen) atoms. The van der Waals surface area contributed by atoms with Gasteiger partial charge in [-0.1, -0.05) is 12.1 Å². The fourth-order valence-electron chi connectivity index (χ4n) is 9.28. The van der Waals surface area contributed by atoms with Gasteiger partial charge in [-0.2, -0.15) is 0 Å². The Balaban J connectivity index is 1.01. The van der Waals surface area contributed by atoms with Crippen molar-refractivity contribution in [1.82, 2.24) is 15.2 Å². The van der Waals surface area contributed by atoms with Crippen molar-refractivity contribution in [2.24, 2.45) is 28.9 Å². The summed E-state index contributed by atoms with van der Waals surface area (Å²) in [5.41, 5.74) is 7.75. The molecule has 2 aromatic rings. The Hall–Kier alpha value is -3.86. The number of anilines is 4. The van der Waals surface area contributed by atoms with Gasteiger partial charge in [0, 0.05) is 50.7 Å². The van der Waals surface area contributed by atoms with Crippen molar-refractivity contribution >= 4 is 40.8 Å². The highest BCUT2D eigenvalue weighted by Gasteiger charge is 2.58. The van der Waals surface area contributed by atoms with E-state index < -0.39 is 5.54 Å². The van der Waals surface area contributed by atoms with Crippen LogP contribution in [0.3, 0.4) is 0 Å². The van der Waals surface area contributed by atoms with Crippen LogP contribution in [0.4, 0.5) is 27.7 Å². The number of piperazine rings is 1. The van der Waals surface area contributed by atoms with Gasteiger partial charge in [0.1, 0.15) is 11.4 Å². The Kier molecular flexibility index (Phi) is 7.85.